The molecule has 19 heavy (non-hydrogen) atoms. The molecule has 0 saturated carbocycles. The minimum absolute atomic E-state index is 0.186. The van der Waals surface area contributed by atoms with E-state index in [1.165, 1.54) is 6.42 Å². The second-order valence-corrected chi connectivity index (χ2v) is 13.8. The summed E-state index contributed by atoms with van der Waals surface area (Å²) < 4.78 is 7.75. The summed E-state index contributed by atoms with van der Waals surface area (Å²) in [7, 11) is 13.5. The van der Waals surface area contributed by atoms with E-state index >= 15 is 0 Å². The van der Waals surface area contributed by atoms with E-state index in [2.05, 4.69) is 90.6 Å². The van der Waals surface area contributed by atoms with Crippen LogP contribution < -0.4 is 0 Å². The molecule has 0 bridgehead atoms. The van der Waals surface area contributed by atoms with E-state index in [1.54, 1.807) is 0 Å². The molecule has 4 heteroatoms. The molecule has 0 radical (unpaired) electrons. The first kappa shape index (κ1) is 17.1. The van der Waals surface area contributed by atoms with Gasteiger partial charge in [0, 0.05) is 0 Å². The SMILES string of the molecule is CCC(C)[C]1([Ti]([N](C)C)([N](C)C)[N](C)C)C=CC=C1. The van der Waals surface area contributed by atoms with Crippen LogP contribution in [0.5, 0.6) is 0 Å². The van der Waals surface area contributed by atoms with Gasteiger partial charge in [0.25, 0.3) is 0 Å². The van der Waals surface area contributed by atoms with Crippen LogP contribution in [-0.4, -0.2) is 52.4 Å². The van der Waals surface area contributed by atoms with Crippen LogP contribution in [0.2, 0.25) is 3.72 Å². The molecule has 0 heterocycles. The summed E-state index contributed by atoms with van der Waals surface area (Å²) in [6.45, 7) is 4.71. The Kier molecular flexibility index (Phi) is 5.62. The maximum absolute atomic E-state index is 2.64. The first-order valence-electron chi connectivity index (χ1n) is 7.16. The van der Waals surface area contributed by atoms with Gasteiger partial charge in [-0.25, -0.2) is 0 Å². The van der Waals surface area contributed by atoms with Crippen LogP contribution in [0.4, 0.5) is 0 Å². The van der Waals surface area contributed by atoms with E-state index in [0.717, 1.165) is 0 Å². The Hall–Kier alpha value is 0.0743. The summed E-state index contributed by atoms with van der Waals surface area (Å²) in [6, 6.07) is 0. The predicted molar refractivity (Wildman–Crippen MR) is 81.5 cm³/mol. The zero-order valence-electron chi connectivity index (χ0n) is 13.9. The quantitative estimate of drug-likeness (QED) is 0.699. The van der Waals surface area contributed by atoms with Crippen molar-refractivity contribution >= 4 is 0 Å². The van der Waals surface area contributed by atoms with E-state index in [0.29, 0.717) is 5.92 Å². The van der Waals surface area contributed by atoms with Crippen molar-refractivity contribution in [1.29, 1.82) is 0 Å². The summed E-state index contributed by atoms with van der Waals surface area (Å²) in [4.78, 5) is 0. The van der Waals surface area contributed by atoms with Gasteiger partial charge in [-0.2, -0.15) is 0 Å². The molecule has 1 atom stereocenters. The van der Waals surface area contributed by atoms with Gasteiger partial charge < -0.3 is 0 Å². The van der Waals surface area contributed by atoms with E-state index < -0.39 is 17.4 Å². The van der Waals surface area contributed by atoms with Crippen molar-refractivity contribution in [3.8, 4) is 0 Å². The Morgan fingerprint density at radius 3 is 1.53 bits per heavy atom. The second kappa shape index (κ2) is 6.23. The molecule has 0 spiro atoms. The molecule has 0 amide bonds. The molecule has 0 aliphatic heterocycles. The van der Waals surface area contributed by atoms with E-state index in [9.17, 15) is 0 Å². The van der Waals surface area contributed by atoms with Gasteiger partial charge in [-0.15, -0.1) is 0 Å². The van der Waals surface area contributed by atoms with Gasteiger partial charge in [0.2, 0.25) is 0 Å². The van der Waals surface area contributed by atoms with Crippen molar-refractivity contribution in [2.75, 3.05) is 42.3 Å². The fourth-order valence-electron chi connectivity index (χ4n) is 4.07. The predicted octanol–water partition coefficient (Wildman–Crippen LogP) is 2.90. The van der Waals surface area contributed by atoms with E-state index in [-0.39, 0.29) is 3.72 Å². The van der Waals surface area contributed by atoms with E-state index in [4.69, 9.17) is 0 Å². The van der Waals surface area contributed by atoms with Crippen LogP contribution >= 0.6 is 0 Å². The zero-order chi connectivity index (χ0) is 14.8. The van der Waals surface area contributed by atoms with Crippen LogP contribution in [0.15, 0.2) is 24.3 Å². The molecule has 0 aromatic heterocycles. The van der Waals surface area contributed by atoms with Gasteiger partial charge in [0.15, 0.2) is 0 Å². The molecule has 1 rings (SSSR count). The van der Waals surface area contributed by atoms with Crippen molar-refractivity contribution in [3.05, 3.63) is 24.3 Å². The third-order valence-corrected chi connectivity index (χ3v) is 13.7. The number of hydrogen-bond donors (Lipinski definition) is 0. The normalized spacial score (nSPS) is 19.9. The minimum atomic E-state index is -2.64. The monoisotopic (exact) mass is 301 g/mol. The van der Waals surface area contributed by atoms with Crippen LogP contribution in [0.25, 0.3) is 0 Å². The number of allylic oxidation sites excluding steroid dienone is 4. The topological polar surface area (TPSA) is 9.72 Å². The molecule has 0 fully saturated rings. The molecule has 1 unspecified atom stereocenters. The van der Waals surface area contributed by atoms with Crippen molar-refractivity contribution in [2.45, 2.75) is 24.0 Å². The summed E-state index contributed by atoms with van der Waals surface area (Å²) in [6.07, 6.45) is 10.6. The number of hydrogen-bond acceptors (Lipinski definition) is 3. The van der Waals surface area contributed by atoms with Gasteiger partial charge >= 0.3 is 124 Å². The third kappa shape index (κ3) is 2.40. The molecule has 110 valence electrons. The van der Waals surface area contributed by atoms with Crippen LogP contribution in [0, 0.1) is 5.92 Å². The fraction of sp³-hybridized carbons (Fsp3) is 0.733. The van der Waals surface area contributed by atoms with Gasteiger partial charge in [0.05, 0.1) is 0 Å². The molecule has 0 aromatic carbocycles. The first-order chi connectivity index (χ1) is 8.77. The first-order valence-corrected chi connectivity index (χ1v) is 10.0. The summed E-state index contributed by atoms with van der Waals surface area (Å²) >= 11 is -2.64. The van der Waals surface area contributed by atoms with Crippen molar-refractivity contribution < 1.29 is 17.4 Å². The van der Waals surface area contributed by atoms with Crippen LogP contribution in [-0.2, 0) is 17.4 Å². The Labute approximate surface area is 124 Å². The molecule has 0 N–H and O–H groups in total. The Bertz CT molecular complexity index is 325. The van der Waals surface area contributed by atoms with Crippen LogP contribution in [0.1, 0.15) is 20.3 Å². The number of nitrogens with zero attached hydrogens (tertiary/aromatic N) is 3. The number of rotatable bonds is 6. The molecule has 1 aliphatic rings. The molecular weight excluding hydrogens is 270 g/mol. The standard InChI is InChI=1S/C9H13.3C2H6N.Ti/c1-3-8(2)9-6-4-5-7-9;3*1-3-2;/h4-8H,3H2,1-2H3;3*1-2H3;/q;3*-1;+3. The summed E-state index contributed by atoms with van der Waals surface area (Å²) in [5.74, 6) is 0.648. The van der Waals surface area contributed by atoms with Crippen molar-refractivity contribution in [1.82, 2.24) is 10.1 Å². The van der Waals surface area contributed by atoms with Gasteiger partial charge in [-0.3, -0.25) is 0 Å². The molecule has 0 aromatic rings. The Morgan fingerprint density at radius 1 is 0.895 bits per heavy atom. The van der Waals surface area contributed by atoms with Crippen molar-refractivity contribution in [3.63, 3.8) is 0 Å². The molecule has 1 aliphatic carbocycles. The maximum atomic E-state index is 2.52. The van der Waals surface area contributed by atoms with Crippen molar-refractivity contribution in [2.24, 2.45) is 5.92 Å². The third-order valence-electron chi connectivity index (χ3n) is 4.73. The molecular formula is C15H31N3Ti. The molecule has 3 nitrogen and oxygen atoms in total. The molecule has 0 saturated heterocycles. The average molecular weight is 301 g/mol. The Morgan fingerprint density at radius 2 is 1.26 bits per heavy atom. The van der Waals surface area contributed by atoms with Gasteiger partial charge in [-0.1, -0.05) is 0 Å². The Balaban J connectivity index is 3.52. The van der Waals surface area contributed by atoms with Gasteiger partial charge in [0.1, 0.15) is 0 Å². The second-order valence-electron chi connectivity index (χ2n) is 6.28. The van der Waals surface area contributed by atoms with Crippen LogP contribution in [0.3, 0.4) is 0 Å². The fourth-order valence-corrected chi connectivity index (χ4v) is 13.8. The van der Waals surface area contributed by atoms with E-state index in [1.807, 2.05) is 0 Å². The summed E-state index contributed by atoms with van der Waals surface area (Å²) in [5, 5.41) is 0. The zero-order valence-corrected chi connectivity index (χ0v) is 15.5. The van der Waals surface area contributed by atoms with Gasteiger partial charge in [-0.05, 0) is 0 Å². The summed E-state index contributed by atoms with van der Waals surface area (Å²) in [5.41, 5.74) is 0. The average Bonchev–Trinajstić information content (AvgIpc) is 2.77.